The van der Waals surface area contributed by atoms with Gasteiger partial charge in [-0.15, -0.1) is 0 Å². The van der Waals surface area contributed by atoms with Crippen molar-refractivity contribution >= 4 is 11.6 Å². The summed E-state index contributed by atoms with van der Waals surface area (Å²) in [6.45, 7) is 0. The highest BCUT2D eigenvalue weighted by atomic mass is 16.7. The third-order valence-corrected chi connectivity index (χ3v) is 2.10. The first-order valence-corrected chi connectivity index (χ1v) is 4.69. The molecule has 1 rings (SSSR count). The van der Waals surface area contributed by atoms with Gasteiger partial charge in [-0.3, -0.25) is 9.59 Å². The summed E-state index contributed by atoms with van der Waals surface area (Å²) in [6, 6.07) is 0. The molecule has 0 aliphatic heterocycles. The first-order chi connectivity index (χ1) is 7.60. The number of carbonyl (C=O) groups excluding carboxylic acids is 2. The lowest BCUT2D eigenvalue weighted by Gasteiger charge is -2.10. The van der Waals surface area contributed by atoms with Crippen LogP contribution < -0.4 is 0 Å². The third kappa shape index (κ3) is 2.74. The molecule has 0 bridgehead atoms. The number of hydrogen-bond acceptors (Lipinski definition) is 5. The molecule has 0 atom stereocenters. The summed E-state index contributed by atoms with van der Waals surface area (Å²) in [4.78, 5) is 27.0. The van der Waals surface area contributed by atoms with E-state index in [4.69, 9.17) is 9.47 Å². The molecule has 1 aromatic heterocycles. The van der Waals surface area contributed by atoms with Crippen LogP contribution in [-0.2, 0) is 21.3 Å². The van der Waals surface area contributed by atoms with Crippen LogP contribution in [0.3, 0.4) is 0 Å². The molecule has 0 saturated carbocycles. The van der Waals surface area contributed by atoms with Crippen molar-refractivity contribution in [2.24, 2.45) is 7.05 Å². The van der Waals surface area contributed by atoms with Crippen LogP contribution >= 0.6 is 0 Å². The highest BCUT2D eigenvalue weighted by Gasteiger charge is 2.22. The zero-order valence-corrected chi connectivity index (χ0v) is 9.47. The Hall–Kier alpha value is -1.53. The summed E-state index contributed by atoms with van der Waals surface area (Å²) in [6.07, 6.45) is 1.87. The predicted molar refractivity (Wildman–Crippen MR) is 55.0 cm³/mol. The molecule has 0 aliphatic rings. The lowest BCUT2D eigenvalue weighted by molar-refractivity contribution is -0.155. The monoisotopic (exact) mass is 226 g/mol. The molecular formula is C10H14N2O4. The summed E-state index contributed by atoms with van der Waals surface area (Å²) in [5.41, 5.74) is 0. The third-order valence-electron chi connectivity index (χ3n) is 2.10. The molecule has 0 fully saturated rings. The van der Waals surface area contributed by atoms with Crippen LogP contribution in [0.15, 0.2) is 12.4 Å². The minimum atomic E-state index is -0.996. The van der Waals surface area contributed by atoms with E-state index in [0.29, 0.717) is 0 Å². The smallest absolute Gasteiger partial charge is 0.217 e. The van der Waals surface area contributed by atoms with Crippen LogP contribution in [0.5, 0.6) is 0 Å². The maximum Gasteiger partial charge on any atom is 0.217 e. The predicted octanol–water partition coefficient (Wildman–Crippen LogP) is 0.181. The Morgan fingerprint density at radius 1 is 1.44 bits per heavy atom. The average Bonchev–Trinajstić information content (AvgIpc) is 2.66. The Bertz CT molecular complexity index is 382. The second-order valence-corrected chi connectivity index (χ2v) is 3.23. The molecule has 0 aromatic carbocycles. The molecule has 6 nitrogen and oxygen atoms in total. The number of ketones is 2. The molecule has 0 radical (unpaired) electrons. The minimum absolute atomic E-state index is 0.249. The quantitative estimate of drug-likeness (QED) is 0.393. The molecule has 0 unspecified atom stereocenters. The average molecular weight is 226 g/mol. The molecule has 6 heteroatoms. The van der Waals surface area contributed by atoms with Gasteiger partial charge in [0.05, 0.1) is 6.42 Å². The molecule has 0 aliphatic carbocycles. The summed E-state index contributed by atoms with van der Waals surface area (Å²) in [7, 11) is 4.38. The van der Waals surface area contributed by atoms with Crippen LogP contribution in [0.1, 0.15) is 17.0 Å². The Morgan fingerprint density at radius 2 is 2.06 bits per heavy atom. The summed E-state index contributed by atoms with van der Waals surface area (Å²) < 4.78 is 11.1. The van der Waals surface area contributed by atoms with E-state index in [0.717, 1.165) is 0 Å². The van der Waals surface area contributed by atoms with E-state index < -0.39 is 12.1 Å². The first kappa shape index (κ1) is 12.5. The van der Waals surface area contributed by atoms with Crippen LogP contribution in [0, 0.1) is 0 Å². The standard InChI is InChI=1S/C10H14N2O4/c1-12-5-4-11-9(12)7(13)6-8(14)10(15-2)16-3/h4-5,10H,6H2,1-3H3. The minimum Gasteiger partial charge on any atom is -0.349 e. The van der Waals surface area contributed by atoms with Crippen molar-refractivity contribution < 1.29 is 19.1 Å². The lowest BCUT2D eigenvalue weighted by Crippen LogP contribution is -2.27. The van der Waals surface area contributed by atoms with E-state index in [1.807, 2.05) is 0 Å². The van der Waals surface area contributed by atoms with E-state index in [1.165, 1.54) is 20.4 Å². The van der Waals surface area contributed by atoms with E-state index in [2.05, 4.69) is 4.98 Å². The number of methoxy groups -OCH3 is 2. The fourth-order valence-electron chi connectivity index (χ4n) is 1.31. The van der Waals surface area contributed by atoms with Gasteiger partial charge >= 0.3 is 0 Å². The number of carbonyl (C=O) groups is 2. The van der Waals surface area contributed by atoms with Crippen molar-refractivity contribution in [1.82, 2.24) is 9.55 Å². The maximum atomic E-state index is 11.7. The molecule has 16 heavy (non-hydrogen) atoms. The largest absolute Gasteiger partial charge is 0.349 e. The molecule has 0 saturated heterocycles. The molecule has 0 amide bonds. The van der Waals surface area contributed by atoms with Gasteiger partial charge in [-0.2, -0.15) is 0 Å². The van der Waals surface area contributed by atoms with Crippen molar-refractivity contribution in [3.8, 4) is 0 Å². The number of aryl methyl sites for hydroxylation is 1. The van der Waals surface area contributed by atoms with E-state index in [1.54, 1.807) is 17.8 Å². The van der Waals surface area contributed by atoms with Crippen LogP contribution in [-0.4, -0.2) is 41.6 Å². The maximum absolute atomic E-state index is 11.7. The van der Waals surface area contributed by atoms with E-state index in [-0.39, 0.29) is 18.0 Å². The van der Waals surface area contributed by atoms with Gasteiger partial charge in [0.2, 0.25) is 12.1 Å². The second-order valence-electron chi connectivity index (χ2n) is 3.23. The SMILES string of the molecule is COC(OC)C(=O)CC(=O)c1nccn1C. The Kier molecular flexibility index (Phi) is 4.33. The molecule has 1 aromatic rings. The van der Waals surface area contributed by atoms with Crippen molar-refractivity contribution in [1.29, 1.82) is 0 Å². The number of Topliss-reactive ketones (excluding diaryl/α,β-unsaturated/α-hetero) is 2. The van der Waals surface area contributed by atoms with Gasteiger partial charge in [0.15, 0.2) is 11.6 Å². The van der Waals surface area contributed by atoms with Crippen molar-refractivity contribution in [2.45, 2.75) is 12.7 Å². The fraction of sp³-hybridized carbons (Fsp3) is 0.500. The Labute approximate surface area is 93.2 Å². The summed E-state index contributed by atoms with van der Waals surface area (Å²) in [5.74, 6) is -0.520. The summed E-state index contributed by atoms with van der Waals surface area (Å²) >= 11 is 0. The number of ether oxygens (including phenoxy) is 2. The normalized spacial score (nSPS) is 10.8. The highest BCUT2D eigenvalue weighted by Crippen LogP contribution is 2.04. The lowest BCUT2D eigenvalue weighted by atomic mass is 10.2. The van der Waals surface area contributed by atoms with Crippen LogP contribution in [0.4, 0.5) is 0 Å². The Balaban J connectivity index is 2.65. The van der Waals surface area contributed by atoms with Crippen LogP contribution in [0.25, 0.3) is 0 Å². The van der Waals surface area contributed by atoms with Crippen molar-refractivity contribution in [3.05, 3.63) is 18.2 Å². The highest BCUT2D eigenvalue weighted by molar-refractivity contribution is 6.07. The van der Waals surface area contributed by atoms with Gasteiger partial charge in [-0.25, -0.2) is 4.98 Å². The number of nitrogens with zero attached hydrogens (tertiary/aromatic N) is 2. The number of aromatic nitrogens is 2. The first-order valence-electron chi connectivity index (χ1n) is 4.69. The molecule has 1 heterocycles. The number of hydrogen-bond donors (Lipinski definition) is 0. The molecule has 0 N–H and O–H groups in total. The fourth-order valence-corrected chi connectivity index (χ4v) is 1.31. The second kappa shape index (κ2) is 5.53. The van der Waals surface area contributed by atoms with Gasteiger partial charge in [0, 0.05) is 33.7 Å². The summed E-state index contributed by atoms with van der Waals surface area (Å²) in [5, 5.41) is 0. The van der Waals surface area contributed by atoms with E-state index >= 15 is 0 Å². The van der Waals surface area contributed by atoms with Gasteiger partial charge < -0.3 is 14.0 Å². The molecule has 0 spiro atoms. The van der Waals surface area contributed by atoms with Crippen LogP contribution in [0.2, 0.25) is 0 Å². The van der Waals surface area contributed by atoms with E-state index in [9.17, 15) is 9.59 Å². The number of imidazole rings is 1. The van der Waals surface area contributed by atoms with Crippen molar-refractivity contribution in [2.75, 3.05) is 14.2 Å². The Morgan fingerprint density at radius 3 is 2.50 bits per heavy atom. The van der Waals surface area contributed by atoms with Crippen molar-refractivity contribution in [3.63, 3.8) is 0 Å². The van der Waals surface area contributed by atoms with Gasteiger partial charge in [0.25, 0.3) is 0 Å². The van der Waals surface area contributed by atoms with Gasteiger partial charge in [-0.05, 0) is 0 Å². The molecule has 88 valence electrons. The number of rotatable bonds is 6. The zero-order valence-electron chi connectivity index (χ0n) is 9.47. The zero-order chi connectivity index (χ0) is 12.1. The molecular weight excluding hydrogens is 212 g/mol. The van der Waals surface area contributed by atoms with Gasteiger partial charge in [-0.1, -0.05) is 0 Å². The van der Waals surface area contributed by atoms with Gasteiger partial charge in [0.1, 0.15) is 0 Å². The topological polar surface area (TPSA) is 70.4 Å².